The van der Waals surface area contributed by atoms with Gasteiger partial charge < -0.3 is 5.32 Å². The Morgan fingerprint density at radius 1 is 0.950 bits per heavy atom. The molecule has 0 aromatic heterocycles. The maximum Gasteiger partial charge on any atom is 0.103 e. The van der Waals surface area contributed by atoms with Crippen LogP contribution in [-0.4, -0.2) is 18.9 Å². The zero-order valence-electron chi connectivity index (χ0n) is 13.6. The van der Waals surface area contributed by atoms with Gasteiger partial charge in [0.25, 0.3) is 0 Å². The van der Waals surface area contributed by atoms with Gasteiger partial charge in [0.15, 0.2) is 0 Å². The molecule has 0 spiro atoms. The molecule has 0 bridgehead atoms. The molecule has 1 saturated carbocycles. The second-order valence-electron chi connectivity index (χ2n) is 6.87. The first-order valence-corrected chi connectivity index (χ1v) is 9.16. The van der Waals surface area contributed by atoms with Crippen molar-refractivity contribution in [3.8, 4) is 0 Å². The molecule has 2 aliphatic rings. The molecule has 0 amide bonds. The summed E-state index contributed by atoms with van der Waals surface area (Å²) in [5, 5.41) is 3.68. The molecule has 2 nitrogen and oxygen atoms in total. The molecule has 0 atom stereocenters. The Bertz CT molecular complexity index is 290. The highest BCUT2D eigenvalue weighted by Gasteiger charge is 2.38. The fourth-order valence-electron chi connectivity index (χ4n) is 3.95. The zero-order valence-corrected chi connectivity index (χ0v) is 13.6. The molecular formula is C18H34N2. The van der Waals surface area contributed by atoms with Crippen LogP contribution in [0.2, 0.25) is 0 Å². The third-order valence-electron chi connectivity index (χ3n) is 5.22. The van der Waals surface area contributed by atoms with E-state index in [9.17, 15) is 0 Å². The molecule has 1 heterocycles. The van der Waals surface area contributed by atoms with Crippen molar-refractivity contribution in [3.63, 3.8) is 0 Å². The number of hydrogen-bond donors (Lipinski definition) is 1. The number of unbranched alkanes of at least 4 members (excludes halogenated alkanes) is 5. The van der Waals surface area contributed by atoms with Crippen molar-refractivity contribution >= 4 is 5.84 Å². The van der Waals surface area contributed by atoms with Gasteiger partial charge in [-0.2, -0.15) is 0 Å². The van der Waals surface area contributed by atoms with Gasteiger partial charge >= 0.3 is 0 Å². The highest BCUT2D eigenvalue weighted by molar-refractivity contribution is 5.88. The van der Waals surface area contributed by atoms with Gasteiger partial charge in [0.1, 0.15) is 5.84 Å². The first kappa shape index (κ1) is 15.9. The number of amidine groups is 1. The summed E-state index contributed by atoms with van der Waals surface area (Å²) in [5.41, 5.74) is 0.440. The third-order valence-corrected chi connectivity index (χ3v) is 5.22. The van der Waals surface area contributed by atoms with E-state index in [-0.39, 0.29) is 0 Å². The van der Waals surface area contributed by atoms with Crippen LogP contribution in [0.25, 0.3) is 0 Å². The summed E-state index contributed by atoms with van der Waals surface area (Å²) in [7, 11) is 0. The lowest BCUT2D eigenvalue weighted by Crippen LogP contribution is -2.39. The summed E-state index contributed by atoms with van der Waals surface area (Å²) in [6.45, 7) is 4.50. The summed E-state index contributed by atoms with van der Waals surface area (Å²) < 4.78 is 0. The van der Waals surface area contributed by atoms with E-state index in [1.807, 2.05) is 0 Å². The first-order chi connectivity index (χ1) is 9.87. The Kier molecular flexibility index (Phi) is 6.89. The van der Waals surface area contributed by atoms with E-state index in [1.165, 1.54) is 89.3 Å². The van der Waals surface area contributed by atoms with Gasteiger partial charge in [0.2, 0.25) is 0 Å². The van der Waals surface area contributed by atoms with E-state index in [2.05, 4.69) is 12.2 Å². The zero-order chi connectivity index (χ0) is 14.1. The molecule has 116 valence electrons. The van der Waals surface area contributed by atoms with Crippen molar-refractivity contribution in [2.75, 3.05) is 13.1 Å². The molecule has 0 aromatic carbocycles. The number of rotatable bonds is 8. The average Bonchev–Trinajstić information content (AvgIpc) is 2.77. The summed E-state index contributed by atoms with van der Waals surface area (Å²) in [6, 6.07) is 0. The molecule has 0 saturated heterocycles. The lowest BCUT2D eigenvalue weighted by Gasteiger charge is -2.31. The number of nitrogens with zero attached hydrogens (tertiary/aromatic N) is 1. The quantitative estimate of drug-likeness (QED) is 0.615. The second-order valence-corrected chi connectivity index (χ2v) is 6.87. The third kappa shape index (κ3) is 4.49. The molecule has 0 radical (unpaired) electrons. The molecule has 1 N–H and O–H groups in total. The molecule has 0 unspecified atom stereocenters. The predicted octanol–water partition coefficient (Wildman–Crippen LogP) is 5.08. The Morgan fingerprint density at radius 3 is 2.50 bits per heavy atom. The average molecular weight is 278 g/mol. The van der Waals surface area contributed by atoms with Crippen LogP contribution >= 0.6 is 0 Å². The van der Waals surface area contributed by atoms with Gasteiger partial charge in [-0.3, -0.25) is 4.99 Å². The smallest absolute Gasteiger partial charge is 0.103 e. The number of hydrogen-bond acceptors (Lipinski definition) is 2. The molecule has 1 aliphatic carbocycles. The largest absolute Gasteiger partial charge is 0.373 e. The van der Waals surface area contributed by atoms with E-state index in [0.29, 0.717) is 5.41 Å². The van der Waals surface area contributed by atoms with E-state index < -0.39 is 0 Å². The fourth-order valence-corrected chi connectivity index (χ4v) is 3.95. The van der Waals surface area contributed by atoms with Crippen LogP contribution < -0.4 is 5.32 Å². The Labute approximate surface area is 125 Å². The van der Waals surface area contributed by atoms with Crippen LogP contribution in [0.15, 0.2) is 4.99 Å². The van der Waals surface area contributed by atoms with Crippen LogP contribution in [-0.2, 0) is 0 Å². The minimum atomic E-state index is 0.440. The van der Waals surface area contributed by atoms with Crippen molar-refractivity contribution in [2.45, 2.75) is 90.4 Å². The lowest BCUT2D eigenvalue weighted by atomic mass is 9.79. The van der Waals surface area contributed by atoms with E-state index in [1.54, 1.807) is 0 Å². The first-order valence-electron chi connectivity index (χ1n) is 9.16. The molecule has 0 aromatic rings. The standard InChI is InChI=1S/C18H34N2/c1-2-3-4-5-6-7-12-18(13-8-9-14-18)17-19-15-10-11-16-20-17/h2-16H2,1H3,(H,19,20). The molecular weight excluding hydrogens is 244 g/mol. The highest BCUT2D eigenvalue weighted by Crippen LogP contribution is 2.43. The summed E-state index contributed by atoms with van der Waals surface area (Å²) in [4.78, 5) is 4.91. The number of nitrogens with one attached hydrogen (secondary N) is 1. The van der Waals surface area contributed by atoms with Crippen LogP contribution in [0.3, 0.4) is 0 Å². The minimum absolute atomic E-state index is 0.440. The van der Waals surface area contributed by atoms with Gasteiger partial charge in [-0.1, -0.05) is 58.3 Å². The van der Waals surface area contributed by atoms with Crippen molar-refractivity contribution < 1.29 is 0 Å². The van der Waals surface area contributed by atoms with Gasteiger partial charge in [-0.15, -0.1) is 0 Å². The molecule has 2 rings (SSSR count). The van der Waals surface area contributed by atoms with Gasteiger partial charge in [-0.25, -0.2) is 0 Å². The molecule has 20 heavy (non-hydrogen) atoms. The van der Waals surface area contributed by atoms with Gasteiger partial charge in [-0.05, 0) is 32.1 Å². The fraction of sp³-hybridized carbons (Fsp3) is 0.944. The molecule has 2 heteroatoms. The SMILES string of the molecule is CCCCCCCCC1(C2=NCCCCN2)CCCC1. The van der Waals surface area contributed by atoms with Crippen molar-refractivity contribution in [1.82, 2.24) is 5.32 Å². The Balaban J connectivity index is 1.81. The summed E-state index contributed by atoms with van der Waals surface area (Å²) in [6.07, 6.45) is 18.0. The summed E-state index contributed by atoms with van der Waals surface area (Å²) >= 11 is 0. The second kappa shape index (κ2) is 8.69. The van der Waals surface area contributed by atoms with Crippen molar-refractivity contribution in [2.24, 2.45) is 10.4 Å². The Hall–Kier alpha value is -0.530. The molecule has 1 aliphatic heterocycles. The highest BCUT2D eigenvalue weighted by atomic mass is 15.0. The van der Waals surface area contributed by atoms with Crippen molar-refractivity contribution in [3.05, 3.63) is 0 Å². The lowest BCUT2D eigenvalue weighted by molar-refractivity contribution is 0.365. The maximum absolute atomic E-state index is 4.91. The normalized spacial score (nSPS) is 22.1. The van der Waals surface area contributed by atoms with Crippen LogP contribution in [0.1, 0.15) is 90.4 Å². The molecule has 1 fully saturated rings. The topological polar surface area (TPSA) is 24.4 Å². The minimum Gasteiger partial charge on any atom is -0.373 e. The van der Waals surface area contributed by atoms with Gasteiger partial charge in [0, 0.05) is 18.5 Å². The predicted molar refractivity (Wildman–Crippen MR) is 88.4 cm³/mol. The van der Waals surface area contributed by atoms with Crippen molar-refractivity contribution in [1.29, 1.82) is 0 Å². The Morgan fingerprint density at radius 2 is 1.70 bits per heavy atom. The van der Waals surface area contributed by atoms with E-state index in [0.717, 1.165) is 13.1 Å². The number of aliphatic imine (C=N–C) groups is 1. The van der Waals surface area contributed by atoms with Gasteiger partial charge in [0.05, 0.1) is 0 Å². The van der Waals surface area contributed by atoms with Crippen LogP contribution in [0, 0.1) is 5.41 Å². The monoisotopic (exact) mass is 278 g/mol. The van der Waals surface area contributed by atoms with E-state index >= 15 is 0 Å². The van der Waals surface area contributed by atoms with Crippen LogP contribution in [0.4, 0.5) is 0 Å². The van der Waals surface area contributed by atoms with Crippen LogP contribution in [0.5, 0.6) is 0 Å². The van der Waals surface area contributed by atoms with E-state index in [4.69, 9.17) is 4.99 Å². The maximum atomic E-state index is 4.91. The summed E-state index contributed by atoms with van der Waals surface area (Å²) in [5.74, 6) is 1.39.